The van der Waals surface area contributed by atoms with E-state index < -0.39 is 0 Å². The number of carbonyl (C=O) groups excluding carboxylic acids is 1. The highest BCUT2D eigenvalue weighted by Crippen LogP contribution is 2.39. The first-order valence-electron chi connectivity index (χ1n) is 5.35. The number of hydrogen-bond acceptors (Lipinski definition) is 2. The van der Waals surface area contributed by atoms with Crippen molar-refractivity contribution in [3.63, 3.8) is 0 Å². The van der Waals surface area contributed by atoms with Crippen LogP contribution in [-0.2, 0) is 9.53 Å². The van der Waals surface area contributed by atoms with Gasteiger partial charge in [0.2, 0.25) is 0 Å². The molecule has 0 amide bonds. The van der Waals surface area contributed by atoms with E-state index in [1.165, 1.54) is 31.8 Å². The second-order valence-electron chi connectivity index (χ2n) is 4.78. The molecule has 0 N–H and O–H groups in total. The van der Waals surface area contributed by atoms with Crippen LogP contribution in [0.15, 0.2) is 12.7 Å². The summed E-state index contributed by atoms with van der Waals surface area (Å²) < 4.78 is 5.11. The number of ether oxygens (including phenoxy) is 1. The molecule has 0 heterocycles. The maximum atomic E-state index is 10.9. The van der Waals surface area contributed by atoms with Gasteiger partial charge in [-0.3, -0.25) is 0 Å². The average Bonchev–Trinajstić information content (AvgIpc) is 2.67. The topological polar surface area (TPSA) is 26.3 Å². The van der Waals surface area contributed by atoms with Crippen molar-refractivity contribution in [3.8, 4) is 0 Å². The van der Waals surface area contributed by atoms with Crippen molar-refractivity contribution in [1.29, 1.82) is 0 Å². The van der Waals surface area contributed by atoms with Crippen molar-refractivity contribution in [1.82, 2.24) is 0 Å². The van der Waals surface area contributed by atoms with Crippen LogP contribution in [0.1, 0.15) is 39.5 Å². The van der Waals surface area contributed by atoms with Gasteiger partial charge in [0.1, 0.15) is 0 Å². The minimum Gasteiger partial charge on any atom is -0.462 e. The van der Waals surface area contributed by atoms with Crippen LogP contribution in [0.25, 0.3) is 0 Å². The predicted octanol–water partition coefficient (Wildman–Crippen LogP) is 2.93. The molecule has 1 rings (SSSR count). The summed E-state index contributed by atoms with van der Waals surface area (Å²) in [6.07, 6.45) is 6.43. The lowest BCUT2D eigenvalue weighted by molar-refractivity contribution is -0.141. The number of hydrogen-bond donors (Lipinski definition) is 0. The molecule has 2 heteroatoms. The highest BCUT2D eigenvalue weighted by atomic mass is 16.5. The van der Waals surface area contributed by atoms with E-state index in [0.29, 0.717) is 12.5 Å². The molecule has 14 heavy (non-hydrogen) atoms. The lowest BCUT2D eigenvalue weighted by Gasteiger charge is -2.30. The molecule has 0 atom stereocenters. The Morgan fingerprint density at radius 3 is 2.57 bits per heavy atom. The molecule has 0 radical (unpaired) electrons. The summed E-state index contributed by atoms with van der Waals surface area (Å²) in [4.78, 5) is 10.9. The van der Waals surface area contributed by atoms with E-state index in [-0.39, 0.29) is 11.4 Å². The van der Waals surface area contributed by atoms with Crippen molar-refractivity contribution in [2.45, 2.75) is 39.5 Å². The van der Waals surface area contributed by atoms with Crippen LogP contribution in [0.2, 0.25) is 0 Å². The van der Waals surface area contributed by atoms with Crippen LogP contribution in [0.5, 0.6) is 0 Å². The Balaban J connectivity index is 2.39. The van der Waals surface area contributed by atoms with Crippen LogP contribution in [-0.4, -0.2) is 12.6 Å². The quantitative estimate of drug-likeness (QED) is 0.510. The van der Waals surface area contributed by atoms with Gasteiger partial charge in [-0.15, -0.1) is 0 Å². The van der Waals surface area contributed by atoms with Crippen LogP contribution >= 0.6 is 0 Å². The van der Waals surface area contributed by atoms with Crippen molar-refractivity contribution < 1.29 is 9.53 Å². The lowest BCUT2D eigenvalue weighted by Crippen LogP contribution is -2.28. The molecule has 0 spiro atoms. The normalized spacial score (nSPS) is 18.1. The van der Waals surface area contributed by atoms with Gasteiger partial charge in [0.05, 0.1) is 6.61 Å². The molecule has 0 aromatic rings. The zero-order valence-electron chi connectivity index (χ0n) is 9.21. The van der Waals surface area contributed by atoms with Gasteiger partial charge >= 0.3 is 5.97 Å². The Hall–Kier alpha value is -0.790. The molecule has 80 valence electrons. The zero-order chi connectivity index (χ0) is 10.6. The molecule has 2 nitrogen and oxygen atoms in total. The predicted molar refractivity (Wildman–Crippen MR) is 56.9 cm³/mol. The van der Waals surface area contributed by atoms with E-state index in [1.54, 1.807) is 0 Å². The molecule has 0 bridgehead atoms. The summed E-state index contributed by atoms with van der Waals surface area (Å²) in [5.41, 5.74) is 0.120. The molecule has 1 aliphatic carbocycles. The highest BCUT2D eigenvalue weighted by molar-refractivity contribution is 5.81. The maximum Gasteiger partial charge on any atom is 0.330 e. The molecular formula is C12H20O2. The van der Waals surface area contributed by atoms with Gasteiger partial charge in [-0.1, -0.05) is 33.3 Å². The molecule has 0 saturated heterocycles. The van der Waals surface area contributed by atoms with Crippen molar-refractivity contribution in [2.24, 2.45) is 11.3 Å². The highest BCUT2D eigenvalue weighted by Gasteiger charge is 2.32. The van der Waals surface area contributed by atoms with Crippen LogP contribution in [0, 0.1) is 11.3 Å². The number of rotatable bonds is 4. The third-order valence-electron chi connectivity index (χ3n) is 3.21. The smallest absolute Gasteiger partial charge is 0.330 e. The summed E-state index contributed by atoms with van der Waals surface area (Å²) >= 11 is 0. The van der Waals surface area contributed by atoms with E-state index in [1.807, 2.05) is 0 Å². The number of esters is 1. The molecule has 1 saturated carbocycles. The Morgan fingerprint density at radius 1 is 1.50 bits per heavy atom. The minimum absolute atomic E-state index is 0.120. The Bertz CT molecular complexity index is 212. The molecule has 0 aromatic heterocycles. The van der Waals surface area contributed by atoms with Gasteiger partial charge in [-0.2, -0.15) is 0 Å². The molecule has 0 unspecified atom stereocenters. The zero-order valence-corrected chi connectivity index (χ0v) is 9.21. The van der Waals surface area contributed by atoms with Gasteiger partial charge in [0, 0.05) is 11.5 Å². The molecule has 1 fully saturated rings. The van der Waals surface area contributed by atoms with Gasteiger partial charge in [0.25, 0.3) is 0 Å². The first-order chi connectivity index (χ1) is 6.56. The monoisotopic (exact) mass is 196 g/mol. The summed E-state index contributed by atoms with van der Waals surface area (Å²) in [7, 11) is 0. The summed E-state index contributed by atoms with van der Waals surface area (Å²) in [5.74, 6) is 0.399. The van der Waals surface area contributed by atoms with Gasteiger partial charge < -0.3 is 4.74 Å². The van der Waals surface area contributed by atoms with Crippen molar-refractivity contribution in [2.75, 3.05) is 6.61 Å². The molecule has 0 aliphatic heterocycles. The molecule has 1 aliphatic rings. The van der Waals surface area contributed by atoms with Crippen molar-refractivity contribution in [3.05, 3.63) is 12.7 Å². The van der Waals surface area contributed by atoms with E-state index in [2.05, 4.69) is 20.4 Å². The van der Waals surface area contributed by atoms with Crippen LogP contribution < -0.4 is 0 Å². The first-order valence-corrected chi connectivity index (χ1v) is 5.35. The van der Waals surface area contributed by atoms with Gasteiger partial charge in [-0.05, 0) is 18.8 Å². The lowest BCUT2D eigenvalue weighted by atomic mass is 9.78. The second-order valence-corrected chi connectivity index (χ2v) is 4.78. The van der Waals surface area contributed by atoms with E-state index in [0.717, 1.165) is 0 Å². The summed E-state index contributed by atoms with van der Waals surface area (Å²) in [6.45, 7) is 8.26. The molecular weight excluding hydrogens is 176 g/mol. The fraction of sp³-hybridized carbons (Fsp3) is 0.750. The SMILES string of the molecule is C=CC(=O)OCC(C)(C)C1CCCC1. The summed E-state index contributed by atoms with van der Waals surface area (Å²) in [5, 5.41) is 0. The van der Waals surface area contributed by atoms with E-state index >= 15 is 0 Å². The maximum absolute atomic E-state index is 10.9. The van der Waals surface area contributed by atoms with Crippen LogP contribution in [0.4, 0.5) is 0 Å². The third-order valence-corrected chi connectivity index (χ3v) is 3.21. The second kappa shape index (κ2) is 4.63. The largest absolute Gasteiger partial charge is 0.462 e. The van der Waals surface area contributed by atoms with Crippen molar-refractivity contribution >= 4 is 5.97 Å². The van der Waals surface area contributed by atoms with Gasteiger partial charge in [-0.25, -0.2) is 4.79 Å². The van der Waals surface area contributed by atoms with E-state index in [9.17, 15) is 4.79 Å². The average molecular weight is 196 g/mol. The standard InChI is InChI=1S/C12H20O2/c1-4-11(13)14-9-12(2,3)10-7-5-6-8-10/h4,10H,1,5-9H2,2-3H3. The van der Waals surface area contributed by atoms with E-state index in [4.69, 9.17) is 4.74 Å². The Morgan fingerprint density at radius 2 is 2.07 bits per heavy atom. The van der Waals surface area contributed by atoms with Crippen LogP contribution in [0.3, 0.4) is 0 Å². The first kappa shape index (κ1) is 11.3. The third kappa shape index (κ3) is 2.86. The Kier molecular flexibility index (Phi) is 3.73. The minimum atomic E-state index is -0.309. The molecule has 0 aromatic carbocycles. The summed E-state index contributed by atoms with van der Waals surface area (Å²) in [6, 6.07) is 0. The van der Waals surface area contributed by atoms with Gasteiger partial charge in [0.15, 0.2) is 0 Å². The fourth-order valence-corrected chi connectivity index (χ4v) is 2.14. The number of carbonyl (C=O) groups is 1. The Labute approximate surface area is 86.3 Å². The fourth-order valence-electron chi connectivity index (χ4n) is 2.14.